The molecule has 0 aliphatic heterocycles. The summed E-state index contributed by atoms with van der Waals surface area (Å²) in [5.41, 5.74) is 2.07. The van der Waals surface area contributed by atoms with Crippen LogP contribution in [0.25, 0.3) is 11.1 Å². The maximum absolute atomic E-state index is 11.8. The Bertz CT molecular complexity index is 594. The molecular weight excluding hydrogens is 258 g/mol. The fourth-order valence-electron chi connectivity index (χ4n) is 1.98. The van der Waals surface area contributed by atoms with Crippen LogP contribution >= 0.6 is 0 Å². The normalized spacial score (nSPS) is 12.3. The van der Waals surface area contributed by atoms with E-state index in [-0.39, 0.29) is 18.7 Å². The van der Waals surface area contributed by atoms with Crippen molar-refractivity contribution in [1.29, 1.82) is 0 Å². The number of carbonyl (C=O) groups is 1. The zero-order chi connectivity index (χ0) is 14.5. The van der Waals surface area contributed by atoms with E-state index in [4.69, 9.17) is 9.52 Å². The predicted molar refractivity (Wildman–Crippen MR) is 76.7 cm³/mol. The summed E-state index contributed by atoms with van der Waals surface area (Å²) < 4.78 is 5.41. The number of aliphatic hydroxyl groups is 1. The highest BCUT2D eigenvalue weighted by atomic mass is 16.3. The largest absolute Gasteiger partial charge is 0.441 e. The Hall–Kier alpha value is -2.08. The molecule has 0 spiro atoms. The van der Waals surface area contributed by atoms with Crippen LogP contribution in [0.3, 0.4) is 0 Å². The molecule has 0 fully saturated rings. The minimum Gasteiger partial charge on any atom is -0.441 e. The van der Waals surface area contributed by atoms with Crippen molar-refractivity contribution < 1.29 is 14.3 Å². The molecule has 1 atom stereocenters. The molecule has 1 aromatic heterocycles. The molecule has 2 aromatic rings. The molecule has 3 N–H and O–H groups in total. The predicted octanol–water partition coefficient (Wildman–Crippen LogP) is 2.42. The Morgan fingerprint density at radius 3 is 3.05 bits per heavy atom. The summed E-state index contributed by atoms with van der Waals surface area (Å²) in [4.78, 5) is 16.0. The molecule has 0 radical (unpaired) electrons. The number of amides is 2. The molecule has 0 aliphatic carbocycles. The van der Waals surface area contributed by atoms with Crippen molar-refractivity contribution in [2.75, 3.05) is 11.9 Å². The van der Waals surface area contributed by atoms with Gasteiger partial charge in [-0.2, -0.15) is 0 Å². The number of hydrogen-bond donors (Lipinski definition) is 3. The van der Waals surface area contributed by atoms with Gasteiger partial charge in [0, 0.05) is 31.3 Å². The molecule has 1 heterocycles. The van der Waals surface area contributed by atoms with Gasteiger partial charge in [-0.05, 0) is 31.9 Å². The lowest BCUT2D eigenvalue weighted by atomic mass is 10.2. The maximum Gasteiger partial charge on any atom is 0.319 e. The molecule has 1 unspecified atom stereocenters. The van der Waals surface area contributed by atoms with Crippen LogP contribution in [-0.2, 0) is 0 Å². The molecule has 0 saturated heterocycles. The van der Waals surface area contributed by atoms with E-state index in [1.807, 2.05) is 6.92 Å². The van der Waals surface area contributed by atoms with Crippen molar-refractivity contribution in [2.45, 2.75) is 32.7 Å². The van der Waals surface area contributed by atoms with Gasteiger partial charge in [0.25, 0.3) is 0 Å². The number of hydrogen-bond acceptors (Lipinski definition) is 4. The molecule has 6 heteroatoms. The van der Waals surface area contributed by atoms with E-state index in [0.29, 0.717) is 23.6 Å². The molecular formula is C14H19N3O3. The summed E-state index contributed by atoms with van der Waals surface area (Å²) in [5.74, 6) is 0.597. The lowest BCUT2D eigenvalue weighted by Gasteiger charge is -2.13. The fourth-order valence-corrected chi connectivity index (χ4v) is 1.98. The Morgan fingerprint density at radius 2 is 2.30 bits per heavy atom. The van der Waals surface area contributed by atoms with Gasteiger partial charge >= 0.3 is 6.03 Å². The number of aromatic nitrogens is 1. The van der Waals surface area contributed by atoms with Gasteiger partial charge in [0.15, 0.2) is 11.5 Å². The summed E-state index contributed by atoms with van der Waals surface area (Å²) in [7, 11) is 0. The minimum atomic E-state index is -0.272. The first-order valence-corrected chi connectivity index (χ1v) is 6.64. The van der Waals surface area contributed by atoms with Gasteiger partial charge in [-0.1, -0.05) is 0 Å². The molecule has 6 nitrogen and oxygen atoms in total. The zero-order valence-electron chi connectivity index (χ0n) is 11.6. The number of aryl methyl sites for hydroxylation is 1. The fraction of sp³-hybridized carbons (Fsp3) is 0.429. The highest BCUT2D eigenvalue weighted by Crippen LogP contribution is 2.19. The Labute approximate surface area is 117 Å². The topological polar surface area (TPSA) is 87.4 Å². The molecule has 2 amide bonds. The lowest BCUT2D eigenvalue weighted by molar-refractivity contribution is 0.245. The third-order valence-corrected chi connectivity index (χ3v) is 2.93. The summed E-state index contributed by atoms with van der Waals surface area (Å²) in [6.45, 7) is 3.82. The maximum atomic E-state index is 11.8. The monoisotopic (exact) mass is 277 g/mol. The minimum absolute atomic E-state index is 0.0124. The Balaban J connectivity index is 1.95. The lowest BCUT2D eigenvalue weighted by Crippen LogP contribution is -2.36. The SMILES string of the molecule is Cc1nc2ccc(NC(=O)NC(C)CCCO)cc2o1. The molecule has 20 heavy (non-hydrogen) atoms. The van der Waals surface area contributed by atoms with Gasteiger partial charge in [0.1, 0.15) is 5.52 Å². The smallest absolute Gasteiger partial charge is 0.319 e. The van der Waals surface area contributed by atoms with E-state index < -0.39 is 0 Å². The van der Waals surface area contributed by atoms with Gasteiger partial charge in [0.2, 0.25) is 0 Å². The average molecular weight is 277 g/mol. The Morgan fingerprint density at radius 1 is 1.50 bits per heavy atom. The molecule has 0 saturated carbocycles. The van der Waals surface area contributed by atoms with Crippen molar-refractivity contribution >= 4 is 22.8 Å². The van der Waals surface area contributed by atoms with Crippen LogP contribution in [0, 0.1) is 6.92 Å². The Kier molecular flexibility index (Phi) is 4.57. The van der Waals surface area contributed by atoms with E-state index in [2.05, 4.69) is 15.6 Å². The van der Waals surface area contributed by atoms with Gasteiger partial charge in [-0.3, -0.25) is 0 Å². The number of oxazole rings is 1. The first-order chi connectivity index (χ1) is 9.58. The van der Waals surface area contributed by atoms with Gasteiger partial charge in [-0.25, -0.2) is 9.78 Å². The number of nitrogens with zero attached hydrogens (tertiary/aromatic N) is 1. The van der Waals surface area contributed by atoms with Crippen LogP contribution in [0.5, 0.6) is 0 Å². The van der Waals surface area contributed by atoms with Crippen LogP contribution in [0.4, 0.5) is 10.5 Å². The number of rotatable bonds is 5. The highest BCUT2D eigenvalue weighted by Gasteiger charge is 2.08. The molecule has 0 aliphatic rings. The van der Waals surface area contributed by atoms with Gasteiger partial charge in [-0.15, -0.1) is 0 Å². The first kappa shape index (κ1) is 14.3. The number of anilines is 1. The summed E-state index contributed by atoms with van der Waals surface area (Å²) in [5, 5.41) is 14.3. The summed E-state index contributed by atoms with van der Waals surface area (Å²) in [6.07, 6.45) is 1.41. The number of nitrogens with one attached hydrogen (secondary N) is 2. The van der Waals surface area contributed by atoms with E-state index in [9.17, 15) is 4.79 Å². The summed E-state index contributed by atoms with van der Waals surface area (Å²) >= 11 is 0. The molecule has 108 valence electrons. The third kappa shape index (κ3) is 3.71. The van der Waals surface area contributed by atoms with Crippen molar-refractivity contribution in [1.82, 2.24) is 10.3 Å². The standard InChI is InChI=1S/C14H19N3O3/c1-9(4-3-7-18)15-14(19)17-11-5-6-12-13(8-11)20-10(2)16-12/h5-6,8-9,18H,3-4,7H2,1-2H3,(H2,15,17,19). The first-order valence-electron chi connectivity index (χ1n) is 6.64. The zero-order valence-corrected chi connectivity index (χ0v) is 11.6. The van der Waals surface area contributed by atoms with E-state index in [1.54, 1.807) is 25.1 Å². The molecule has 0 bridgehead atoms. The van der Waals surface area contributed by atoms with Crippen molar-refractivity contribution in [3.8, 4) is 0 Å². The van der Waals surface area contributed by atoms with Crippen LogP contribution in [-0.4, -0.2) is 28.8 Å². The van der Waals surface area contributed by atoms with Crippen LogP contribution < -0.4 is 10.6 Å². The van der Waals surface area contributed by atoms with Crippen molar-refractivity contribution in [3.63, 3.8) is 0 Å². The van der Waals surface area contributed by atoms with Crippen molar-refractivity contribution in [3.05, 3.63) is 24.1 Å². The number of benzene rings is 1. The third-order valence-electron chi connectivity index (χ3n) is 2.93. The molecule has 2 rings (SSSR count). The van der Waals surface area contributed by atoms with Gasteiger partial charge in [0.05, 0.1) is 0 Å². The summed E-state index contributed by atoms with van der Waals surface area (Å²) in [6, 6.07) is 5.07. The number of aliphatic hydroxyl groups excluding tert-OH is 1. The van der Waals surface area contributed by atoms with E-state index >= 15 is 0 Å². The highest BCUT2D eigenvalue weighted by molar-refractivity contribution is 5.91. The second-order valence-electron chi connectivity index (χ2n) is 4.78. The number of urea groups is 1. The number of carbonyl (C=O) groups excluding carboxylic acids is 1. The second-order valence-corrected chi connectivity index (χ2v) is 4.78. The molecule has 1 aromatic carbocycles. The van der Waals surface area contributed by atoms with Crippen molar-refractivity contribution in [2.24, 2.45) is 0 Å². The van der Waals surface area contributed by atoms with Crippen LogP contribution in [0.15, 0.2) is 22.6 Å². The second kappa shape index (κ2) is 6.38. The van der Waals surface area contributed by atoms with Crippen LogP contribution in [0.1, 0.15) is 25.7 Å². The quantitative estimate of drug-likeness (QED) is 0.783. The van der Waals surface area contributed by atoms with Crippen LogP contribution in [0.2, 0.25) is 0 Å². The van der Waals surface area contributed by atoms with E-state index in [1.165, 1.54) is 0 Å². The van der Waals surface area contributed by atoms with E-state index in [0.717, 1.165) is 11.9 Å². The number of fused-ring (bicyclic) bond motifs is 1. The average Bonchev–Trinajstić information content (AvgIpc) is 2.75. The van der Waals surface area contributed by atoms with Gasteiger partial charge < -0.3 is 20.2 Å².